The molecule has 42 heavy (non-hydrogen) atoms. The van der Waals surface area contributed by atoms with Crippen molar-refractivity contribution in [2.24, 2.45) is 0 Å². The maximum atomic E-state index is 12.6. The Hall–Kier alpha value is -3.83. The van der Waals surface area contributed by atoms with Gasteiger partial charge < -0.3 is 24.7 Å². The highest BCUT2D eigenvalue weighted by molar-refractivity contribution is 6.06. The summed E-state index contributed by atoms with van der Waals surface area (Å²) < 4.78 is 11.1. The fourth-order valence-corrected chi connectivity index (χ4v) is 4.83. The summed E-state index contributed by atoms with van der Waals surface area (Å²) in [6.45, 7) is 7.82. The molecule has 0 radical (unpaired) electrons. The highest BCUT2D eigenvalue weighted by atomic mass is 16.5. The van der Waals surface area contributed by atoms with E-state index in [1.54, 1.807) is 14.1 Å². The highest BCUT2D eigenvalue weighted by Crippen LogP contribution is 2.29. The number of nitrogens with zero attached hydrogens (tertiary/aromatic N) is 4. The van der Waals surface area contributed by atoms with E-state index in [1.807, 2.05) is 19.3 Å². The molecule has 11 nitrogen and oxygen atoms in total. The second-order valence-corrected chi connectivity index (χ2v) is 10.4. The van der Waals surface area contributed by atoms with Crippen molar-refractivity contribution in [3.8, 4) is 0 Å². The summed E-state index contributed by atoms with van der Waals surface area (Å²) in [7, 11) is 5.15. The summed E-state index contributed by atoms with van der Waals surface area (Å²) in [6.07, 6.45) is 8.97. The predicted molar refractivity (Wildman–Crippen MR) is 164 cm³/mol. The van der Waals surface area contributed by atoms with Gasteiger partial charge in [0.1, 0.15) is 17.0 Å². The smallest absolute Gasteiger partial charge is 0.255 e. The van der Waals surface area contributed by atoms with Gasteiger partial charge in [0.25, 0.3) is 5.91 Å². The fraction of sp³-hybridized carbons (Fsp3) is 0.516. The van der Waals surface area contributed by atoms with Crippen molar-refractivity contribution >= 4 is 40.7 Å². The summed E-state index contributed by atoms with van der Waals surface area (Å²) in [5.41, 5.74) is 2.51. The second kappa shape index (κ2) is 16.6. The first kappa shape index (κ1) is 32.7. The van der Waals surface area contributed by atoms with E-state index in [2.05, 4.69) is 45.4 Å². The Morgan fingerprint density at radius 1 is 1.14 bits per heavy atom. The zero-order valence-electron chi connectivity index (χ0n) is 25.4. The number of hydrogen-bond acceptors (Lipinski definition) is 9. The quantitative estimate of drug-likeness (QED) is 0.312. The van der Waals surface area contributed by atoms with Crippen LogP contribution in [0, 0.1) is 0 Å². The van der Waals surface area contributed by atoms with Gasteiger partial charge in [0.05, 0.1) is 12.2 Å². The van der Waals surface area contributed by atoms with Gasteiger partial charge in [-0.3, -0.25) is 19.3 Å². The number of fused-ring (bicyclic) bond motifs is 1. The lowest BCUT2D eigenvalue weighted by atomic mass is 10.0. The largest absolute Gasteiger partial charge is 0.449 e. The normalized spacial score (nSPS) is 14.3. The Kier molecular flexibility index (Phi) is 12.9. The van der Waals surface area contributed by atoms with Crippen LogP contribution in [-0.2, 0) is 16.0 Å². The third kappa shape index (κ3) is 9.09. The molecule has 1 unspecified atom stereocenters. The third-order valence-corrected chi connectivity index (χ3v) is 7.26. The van der Waals surface area contributed by atoms with Crippen molar-refractivity contribution in [3.63, 3.8) is 0 Å². The number of aromatic nitrogens is 2. The summed E-state index contributed by atoms with van der Waals surface area (Å²) in [5, 5.41) is 5.75. The lowest BCUT2D eigenvalue weighted by Gasteiger charge is -2.29. The molecule has 4 rings (SSSR count). The molecule has 11 heteroatoms. The van der Waals surface area contributed by atoms with Crippen LogP contribution in [0.1, 0.15) is 72.4 Å². The van der Waals surface area contributed by atoms with Crippen molar-refractivity contribution in [2.75, 3.05) is 58.1 Å². The zero-order chi connectivity index (χ0) is 30.5. The zero-order valence-corrected chi connectivity index (χ0v) is 25.4. The standard InChI is InChI=1S/C23H32N4O5.C8H12N2/c1-4-17(27-9-6-11-31-12-10-27)7-5-8-20(29)25-22-19(15-28)32-18-13-16(14-24-21(18)22)23(30)26(2)3;1-3-7-4-5-8(9-2)10-6-7/h13-15,17H,4-12H2,1-3H3,(H,25,29);4-6H,3H2,1-2H3,(H,9,10). The molecule has 0 aliphatic carbocycles. The van der Waals surface area contributed by atoms with E-state index in [-0.39, 0.29) is 28.8 Å². The van der Waals surface area contributed by atoms with E-state index in [0.717, 1.165) is 64.2 Å². The van der Waals surface area contributed by atoms with Gasteiger partial charge in [-0.15, -0.1) is 0 Å². The highest BCUT2D eigenvalue weighted by Gasteiger charge is 2.21. The number of hydrogen-bond donors (Lipinski definition) is 2. The number of ether oxygens (including phenoxy) is 1. The number of rotatable bonds is 11. The third-order valence-electron chi connectivity index (χ3n) is 7.26. The summed E-state index contributed by atoms with van der Waals surface area (Å²) in [6, 6.07) is 6.03. The van der Waals surface area contributed by atoms with Crippen molar-refractivity contribution in [1.29, 1.82) is 0 Å². The molecule has 0 aromatic carbocycles. The van der Waals surface area contributed by atoms with Crippen LogP contribution in [-0.4, -0.2) is 91.4 Å². The van der Waals surface area contributed by atoms with Crippen molar-refractivity contribution in [1.82, 2.24) is 19.8 Å². The number of anilines is 2. The molecule has 1 fully saturated rings. The van der Waals surface area contributed by atoms with Gasteiger partial charge in [-0.1, -0.05) is 19.9 Å². The van der Waals surface area contributed by atoms with Crippen LogP contribution in [0.15, 0.2) is 35.0 Å². The fourth-order valence-electron chi connectivity index (χ4n) is 4.83. The molecule has 1 atom stereocenters. The number of amides is 2. The van der Waals surface area contributed by atoms with Crippen molar-refractivity contribution in [3.05, 3.63) is 47.5 Å². The van der Waals surface area contributed by atoms with Crippen LogP contribution in [0.4, 0.5) is 11.5 Å². The lowest BCUT2D eigenvalue weighted by Crippen LogP contribution is -2.36. The molecule has 2 amide bonds. The predicted octanol–water partition coefficient (Wildman–Crippen LogP) is 4.64. The van der Waals surface area contributed by atoms with Gasteiger partial charge in [-0.2, -0.15) is 0 Å². The van der Waals surface area contributed by atoms with Crippen LogP contribution in [0.2, 0.25) is 0 Å². The Balaban J connectivity index is 0.000000408. The van der Waals surface area contributed by atoms with E-state index in [0.29, 0.717) is 29.8 Å². The minimum atomic E-state index is -0.226. The minimum Gasteiger partial charge on any atom is -0.449 e. The molecule has 0 saturated carbocycles. The molecule has 0 spiro atoms. The van der Waals surface area contributed by atoms with Gasteiger partial charge in [-0.25, -0.2) is 9.97 Å². The Bertz CT molecular complexity index is 1280. The molecule has 1 saturated heterocycles. The molecule has 1 aliphatic rings. The number of carbonyl (C=O) groups excluding carboxylic acids is 3. The monoisotopic (exact) mass is 580 g/mol. The molecule has 1 aliphatic heterocycles. The van der Waals surface area contributed by atoms with E-state index in [9.17, 15) is 14.4 Å². The number of pyridine rings is 2. The molecule has 3 aromatic heterocycles. The van der Waals surface area contributed by atoms with E-state index in [1.165, 1.54) is 22.7 Å². The van der Waals surface area contributed by atoms with Crippen LogP contribution >= 0.6 is 0 Å². The number of aryl methyl sites for hydroxylation is 1. The number of aldehydes is 1. The van der Waals surface area contributed by atoms with E-state index < -0.39 is 0 Å². The Morgan fingerprint density at radius 2 is 1.95 bits per heavy atom. The SMILES string of the molecule is CCC(CCCC(=O)Nc1c(C=O)oc2cc(C(=O)N(C)C)cnc12)N1CCCOCC1.CCc1ccc(NC)nc1. The maximum absolute atomic E-state index is 12.6. The van der Waals surface area contributed by atoms with Gasteiger partial charge >= 0.3 is 0 Å². The van der Waals surface area contributed by atoms with Crippen LogP contribution in [0.3, 0.4) is 0 Å². The first-order chi connectivity index (χ1) is 20.3. The Morgan fingerprint density at radius 3 is 2.60 bits per heavy atom. The molecule has 2 N–H and O–H groups in total. The summed E-state index contributed by atoms with van der Waals surface area (Å²) in [4.78, 5) is 48.5. The average molecular weight is 581 g/mol. The number of nitrogens with one attached hydrogen (secondary N) is 2. The van der Waals surface area contributed by atoms with Crippen LogP contribution < -0.4 is 10.6 Å². The molecule has 0 bridgehead atoms. The van der Waals surface area contributed by atoms with Crippen LogP contribution in [0.25, 0.3) is 11.1 Å². The van der Waals surface area contributed by atoms with Gasteiger partial charge in [0.2, 0.25) is 5.91 Å². The first-order valence-corrected chi connectivity index (χ1v) is 14.6. The Labute approximate surface area is 248 Å². The molecular weight excluding hydrogens is 536 g/mol. The van der Waals surface area contributed by atoms with Crippen molar-refractivity contribution in [2.45, 2.75) is 58.4 Å². The van der Waals surface area contributed by atoms with E-state index in [4.69, 9.17) is 9.15 Å². The van der Waals surface area contributed by atoms with E-state index >= 15 is 0 Å². The topological polar surface area (TPSA) is 130 Å². The minimum absolute atomic E-state index is 0.00805. The average Bonchev–Trinajstić information content (AvgIpc) is 3.15. The second-order valence-electron chi connectivity index (χ2n) is 10.4. The molecular formula is C31H44N6O5. The van der Waals surface area contributed by atoms with Gasteiger partial charge in [-0.05, 0) is 49.8 Å². The first-order valence-electron chi connectivity index (χ1n) is 14.6. The van der Waals surface area contributed by atoms with Gasteiger partial charge in [0, 0.05) is 65.7 Å². The number of furan rings is 1. The van der Waals surface area contributed by atoms with Crippen molar-refractivity contribution < 1.29 is 23.5 Å². The molecule has 4 heterocycles. The summed E-state index contributed by atoms with van der Waals surface area (Å²) >= 11 is 0. The van der Waals surface area contributed by atoms with Gasteiger partial charge in [0.15, 0.2) is 17.6 Å². The summed E-state index contributed by atoms with van der Waals surface area (Å²) in [5.74, 6) is 0.499. The maximum Gasteiger partial charge on any atom is 0.255 e. The number of carbonyl (C=O) groups is 3. The molecule has 228 valence electrons. The molecule has 3 aromatic rings. The van der Waals surface area contributed by atoms with Crippen LogP contribution in [0.5, 0.6) is 0 Å². The lowest BCUT2D eigenvalue weighted by molar-refractivity contribution is -0.116.